The SMILES string of the molecule is CCN(CC)c1ccc2c(c1)P(=O)(O)C1=CC(=[N+](CC)CC)C=CC1=C2c1ccc(OCC(=O)NC/C=C/c2cn([C@@H]3C[C@H](COP(=O)(O)OP(=O)(O)OP(=O)(O)O)[C@H](O)C3)c(=O)[nH]c2=O)cc1. The van der Waals surface area contributed by atoms with Gasteiger partial charge in [-0.2, -0.15) is 8.62 Å². The quantitative estimate of drug-likeness (QED) is 0.0588. The van der Waals surface area contributed by atoms with Crippen molar-refractivity contribution >= 4 is 65.1 Å². The normalized spacial score (nSPS) is 22.0. The molecule has 0 radical (unpaired) electrons. The average Bonchev–Trinajstić information content (AvgIpc) is 3.64. The van der Waals surface area contributed by atoms with Gasteiger partial charge < -0.3 is 44.5 Å². The number of nitrogens with zero attached hydrogens (tertiary/aromatic N) is 3. The van der Waals surface area contributed by atoms with Crippen LogP contribution in [0.25, 0.3) is 11.6 Å². The predicted molar refractivity (Wildman–Crippen MR) is 252 cm³/mol. The molecular formula is C42H54N5O17P4+. The molecule has 8 N–H and O–H groups in total. The molecular weight excluding hydrogens is 970 g/mol. The third kappa shape index (κ3) is 12.6. The number of allylic oxidation sites excluding steroid dienone is 5. The van der Waals surface area contributed by atoms with Crippen LogP contribution in [0.1, 0.15) is 63.3 Å². The lowest BCUT2D eigenvalue weighted by molar-refractivity contribution is -0.519. The highest BCUT2D eigenvalue weighted by Crippen LogP contribution is 2.66. The van der Waals surface area contributed by atoms with Gasteiger partial charge in [-0.25, -0.2) is 23.1 Å². The lowest BCUT2D eigenvalue weighted by Crippen LogP contribution is -2.33. The van der Waals surface area contributed by atoms with Crippen LogP contribution in [0.15, 0.2) is 93.4 Å². The molecule has 3 aliphatic rings. The lowest BCUT2D eigenvalue weighted by Gasteiger charge is -2.31. The van der Waals surface area contributed by atoms with Crippen molar-refractivity contribution in [1.29, 1.82) is 0 Å². The van der Waals surface area contributed by atoms with Gasteiger partial charge in [-0.15, -0.1) is 0 Å². The van der Waals surface area contributed by atoms with Crippen molar-refractivity contribution in [3.63, 3.8) is 0 Å². The number of phosphoric ester groups is 1. The Morgan fingerprint density at radius 3 is 2.31 bits per heavy atom. The number of H-pyrrole nitrogens is 1. The molecule has 2 heterocycles. The molecule has 1 amide bonds. The molecule has 22 nitrogen and oxygen atoms in total. The van der Waals surface area contributed by atoms with E-state index in [0.29, 0.717) is 27.5 Å². The molecule has 368 valence electrons. The summed E-state index contributed by atoms with van der Waals surface area (Å²) in [6, 6.07) is 12.0. The van der Waals surface area contributed by atoms with Crippen LogP contribution in [-0.2, 0) is 36.2 Å². The van der Waals surface area contributed by atoms with Gasteiger partial charge in [0.05, 0.1) is 28.9 Å². The number of hydrogen-bond donors (Lipinski definition) is 8. The van der Waals surface area contributed by atoms with E-state index in [9.17, 15) is 52.4 Å². The number of fused-ring (bicyclic) bond motifs is 2. The number of phosphoric acid groups is 3. The van der Waals surface area contributed by atoms with Gasteiger partial charge in [0.15, 0.2) is 6.61 Å². The molecule has 3 unspecified atom stereocenters. The number of aliphatic hydroxyl groups is 1. The first-order valence-electron chi connectivity index (χ1n) is 21.5. The van der Waals surface area contributed by atoms with Crippen LogP contribution >= 0.6 is 30.8 Å². The monoisotopic (exact) mass is 1020 g/mol. The Morgan fingerprint density at radius 2 is 1.66 bits per heavy atom. The summed E-state index contributed by atoms with van der Waals surface area (Å²) in [4.78, 5) is 90.9. The molecule has 6 rings (SSSR count). The van der Waals surface area contributed by atoms with E-state index in [1.165, 1.54) is 18.3 Å². The number of anilines is 1. The lowest BCUT2D eigenvalue weighted by atomic mass is 9.89. The van der Waals surface area contributed by atoms with Crippen LogP contribution in [0.5, 0.6) is 5.75 Å². The number of nitrogens with one attached hydrogen (secondary N) is 2. The number of aliphatic hydroxyl groups excluding tert-OH is 1. The first-order chi connectivity index (χ1) is 32.0. The number of benzene rings is 2. The minimum absolute atomic E-state index is 0.0120. The number of carbonyl (C=O) groups excluding carboxylic acids is 1. The van der Waals surface area contributed by atoms with E-state index in [1.54, 1.807) is 12.1 Å². The standard InChI is InChI=1S/C42H53N5O17P4/c1-5-45(6-2)30-13-17-34-37(22-30)65(52,53)38-23-31(46(7-3)8-4)14-18-35(38)40(34)27-11-15-33(16-12-27)61-26-39(49)43-19-9-10-28-24-47(42(51)44-41(28)50)32-20-29(36(48)21-32)25-62-67(57,58)64-68(59,60)63-66(54,55)56/h9-18,22-24,29,32,36,48H,5-8,19-21,25-26H2,1-4H3,(H6-,43,44,49,50,51,52,53,54,55,56,57,58,59,60)/p+1/b10-9+/t29-,32-,36-/m1/s1. The zero-order chi connectivity index (χ0) is 49.8. The average molecular weight is 1020 g/mol. The summed E-state index contributed by atoms with van der Waals surface area (Å²) in [5.41, 5.74) is 3.00. The van der Waals surface area contributed by atoms with Gasteiger partial charge >= 0.3 is 29.2 Å². The highest BCUT2D eigenvalue weighted by atomic mass is 31.3. The molecule has 68 heavy (non-hydrogen) atoms. The number of aromatic nitrogens is 2. The van der Waals surface area contributed by atoms with Crippen molar-refractivity contribution in [3.05, 3.63) is 121 Å². The van der Waals surface area contributed by atoms with Crippen molar-refractivity contribution in [1.82, 2.24) is 14.9 Å². The van der Waals surface area contributed by atoms with Crippen LogP contribution in [0.2, 0.25) is 0 Å². The van der Waals surface area contributed by atoms with Crippen molar-refractivity contribution < 1.29 is 75.1 Å². The number of ether oxygens (including phenoxy) is 1. The van der Waals surface area contributed by atoms with Gasteiger partial charge in [0.25, 0.3) is 18.8 Å². The Morgan fingerprint density at radius 1 is 0.971 bits per heavy atom. The molecule has 1 fully saturated rings. The summed E-state index contributed by atoms with van der Waals surface area (Å²) >= 11 is 0. The molecule has 3 aromatic rings. The Kier molecular flexibility index (Phi) is 16.7. The number of carbonyl (C=O) groups is 1. The molecule has 1 aromatic heterocycles. The minimum Gasteiger partial charge on any atom is -0.484 e. The number of rotatable bonds is 20. The minimum atomic E-state index is -5.75. The number of hydrogen-bond acceptors (Lipinski definition) is 13. The third-order valence-corrected chi connectivity index (χ3v) is 17.4. The van der Waals surface area contributed by atoms with E-state index in [4.69, 9.17) is 14.5 Å². The van der Waals surface area contributed by atoms with Crippen molar-refractivity contribution in [2.24, 2.45) is 5.92 Å². The Hall–Kier alpha value is -4.62. The molecule has 26 heteroatoms. The summed E-state index contributed by atoms with van der Waals surface area (Å²) < 4.78 is 70.2. The van der Waals surface area contributed by atoms with Crippen LogP contribution in [0.3, 0.4) is 0 Å². The smallest absolute Gasteiger partial charge is 0.484 e. The summed E-state index contributed by atoms with van der Waals surface area (Å²) in [6.45, 7) is 9.89. The maximum Gasteiger partial charge on any atom is 0.490 e. The fourth-order valence-corrected chi connectivity index (χ4v) is 13.2. The van der Waals surface area contributed by atoms with Gasteiger partial charge in [0.1, 0.15) is 18.8 Å². The summed E-state index contributed by atoms with van der Waals surface area (Å²) in [5, 5.41) is 13.9. The molecule has 0 spiro atoms. The van der Waals surface area contributed by atoms with Crippen LogP contribution in [0, 0.1) is 5.92 Å². The summed E-state index contributed by atoms with van der Waals surface area (Å²) in [6.07, 6.45) is 8.37. The van der Waals surface area contributed by atoms with E-state index < -0.39 is 72.7 Å². The van der Waals surface area contributed by atoms with Crippen molar-refractivity contribution in [3.8, 4) is 5.75 Å². The predicted octanol–water partition coefficient (Wildman–Crippen LogP) is 3.90. The second-order valence-corrected chi connectivity index (χ2v) is 22.3. The van der Waals surface area contributed by atoms with Gasteiger partial charge in [0, 0.05) is 55.6 Å². The molecule has 0 bridgehead atoms. The Balaban J connectivity index is 1.08. The zero-order valence-corrected chi connectivity index (χ0v) is 41.0. The molecule has 2 aromatic carbocycles. The summed E-state index contributed by atoms with van der Waals surface area (Å²) in [5.74, 6) is -1.04. The molecule has 1 aliphatic heterocycles. The highest BCUT2D eigenvalue weighted by molar-refractivity contribution is 7.71. The summed E-state index contributed by atoms with van der Waals surface area (Å²) in [7, 11) is -20.8. The fraction of sp³-hybridized carbons (Fsp3) is 0.381. The Labute approximate surface area is 390 Å². The van der Waals surface area contributed by atoms with E-state index in [1.807, 2.05) is 76.3 Å². The zero-order valence-electron chi connectivity index (χ0n) is 37.4. The third-order valence-electron chi connectivity index (χ3n) is 11.5. The second kappa shape index (κ2) is 21.6. The van der Waals surface area contributed by atoms with Gasteiger partial charge in [-0.3, -0.25) is 28.2 Å². The number of aromatic amines is 1. The molecule has 6 atom stereocenters. The van der Waals surface area contributed by atoms with Crippen LogP contribution in [0.4, 0.5) is 5.69 Å². The van der Waals surface area contributed by atoms with Gasteiger partial charge in [0.2, 0.25) is 5.71 Å². The van der Waals surface area contributed by atoms with E-state index in [2.05, 4.69) is 32.9 Å². The first-order valence-corrected chi connectivity index (χ1v) is 27.7. The molecule has 1 saturated carbocycles. The Bertz CT molecular complexity index is 2890. The number of amides is 1. The van der Waals surface area contributed by atoms with E-state index in [0.717, 1.165) is 53.3 Å². The van der Waals surface area contributed by atoms with Crippen molar-refractivity contribution in [2.45, 2.75) is 52.7 Å². The van der Waals surface area contributed by atoms with Gasteiger partial charge in [-0.1, -0.05) is 30.4 Å². The fourth-order valence-electron chi connectivity index (χ4n) is 8.26. The topological polar surface area (TPSA) is 317 Å². The van der Waals surface area contributed by atoms with Crippen molar-refractivity contribution in [2.75, 3.05) is 50.8 Å². The second-order valence-electron chi connectivity index (χ2n) is 15.8. The van der Waals surface area contributed by atoms with E-state index in [-0.39, 0.29) is 31.6 Å². The molecule has 2 aliphatic carbocycles. The molecule has 0 saturated heterocycles. The van der Waals surface area contributed by atoms with E-state index >= 15 is 0 Å². The maximum absolute atomic E-state index is 14.5. The highest BCUT2D eigenvalue weighted by Gasteiger charge is 2.43. The van der Waals surface area contributed by atoms with Crippen LogP contribution < -0.4 is 31.5 Å². The van der Waals surface area contributed by atoms with Crippen LogP contribution in [-0.4, -0.2) is 107 Å². The largest absolute Gasteiger partial charge is 0.490 e. The van der Waals surface area contributed by atoms with Gasteiger partial charge in [-0.05, 0) is 93.2 Å². The maximum atomic E-state index is 14.5. The first kappa shape index (κ1) is 52.7.